The zero-order valence-corrected chi connectivity index (χ0v) is 44.9. The summed E-state index contributed by atoms with van der Waals surface area (Å²) in [7, 11) is 0. The fourth-order valence-corrected chi connectivity index (χ4v) is 9.04. The zero-order valence-electron chi connectivity index (χ0n) is 44.9. The van der Waals surface area contributed by atoms with Crippen molar-refractivity contribution in [3.8, 4) is 0 Å². The highest BCUT2D eigenvalue weighted by Gasteiger charge is 2.18. The minimum atomic E-state index is -0.877. The van der Waals surface area contributed by atoms with E-state index in [1.807, 2.05) is 6.08 Å². The van der Waals surface area contributed by atoms with Crippen LogP contribution in [0.15, 0.2) is 36.5 Å². The van der Waals surface area contributed by atoms with Gasteiger partial charge in [-0.2, -0.15) is 0 Å². The molecule has 0 saturated heterocycles. The Balaban J connectivity index is 3.54. The number of amides is 1. The summed E-state index contributed by atoms with van der Waals surface area (Å²) in [6, 6.07) is -0.667. The topological polar surface area (TPSA) is 95.9 Å². The predicted octanol–water partition coefficient (Wildman–Crippen LogP) is 18.4. The van der Waals surface area contributed by atoms with Gasteiger partial charge in [-0.05, 0) is 77.0 Å². The third kappa shape index (κ3) is 53.3. The molecule has 0 aromatic heterocycles. The van der Waals surface area contributed by atoms with Gasteiger partial charge in [0.2, 0.25) is 5.91 Å². The normalized spacial score (nSPS) is 12.8. The molecule has 3 N–H and O–H groups in total. The van der Waals surface area contributed by atoms with E-state index in [1.54, 1.807) is 6.08 Å². The monoisotopic (exact) mass is 942 g/mol. The molecule has 67 heavy (non-hydrogen) atoms. The SMILES string of the molecule is CCCCCCCC/C=C\CCCCCCCCCCCC(=O)OCCCCCC/C=C\CCCC(=O)NC(CO)C(O)/C=C/CCCCCCCCCCCCCCCCCCCCCC. The van der Waals surface area contributed by atoms with Gasteiger partial charge >= 0.3 is 5.97 Å². The molecule has 0 bridgehead atoms. The lowest BCUT2D eigenvalue weighted by atomic mass is 10.0. The summed E-state index contributed by atoms with van der Waals surface area (Å²) in [6.07, 6.45) is 70.4. The van der Waals surface area contributed by atoms with E-state index in [2.05, 4.69) is 43.5 Å². The van der Waals surface area contributed by atoms with Gasteiger partial charge in [0.25, 0.3) is 0 Å². The molecule has 0 radical (unpaired) electrons. The Morgan fingerprint density at radius 3 is 1.09 bits per heavy atom. The van der Waals surface area contributed by atoms with Crippen LogP contribution in [-0.4, -0.2) is 47.4 Å². The molecule has 0 fully saturated rings. The quantitative estimate of drug-likeness (QED) is 0.0321. The van der Waals surface area contributed by atoms with Crippen LogP contribution < -0.4 is 5.32 Å². The maximum atomic E-state index is 12.5. The number of rotatable bonds is 55. The first-order chi connectivity index (χ1) is 33.0. The van der Waals surface area contributed by atoms with Crippen molar-refractivity contribution >= 4 is 11.9 Å². The largest absolute Gasteiger partial charge is 0.466 e. The molecular formula is C61H115NO5. The van der Waals surface area contributed by atoms with Gasteiger partial charge in [-0.3, -0.25) is 9.59 Å². The minimum absolute atomic E-state index is 0.0380. The maximum Gasteiger partial charge on any atom is 0.305 e. The van der Waals surface area contributed by atoms with Gasteiger partial charge in [0.15, 0.2) is 0 Å². The Hall–Kier alpha value is -1.92. The molecule has 6 heteroatoms. The predicted molar refractivity (Wildman–Crippen MR) is 292 cm³/mol. The lowest BCUT2D eigenvalue weighted by Gasteiger charge is -2.19. The lowest BCUT2D eigenvalue weighted by Crippen LogP contribution is -2.45. The molecule has 0 saturated carbocycles. The molecule has 0 spiro atoms. The zero-order chi connectivity index (χ0) is 48.6. The van der Waals surface area contributed by atoms with Gasteiger partial charge in [0, 0.05) is 12.8 Å². The van der Waals surface area contributed by atoms with Gasteiger partial charge < -0.3 is 20.3 Å². The van der Waals surface area contributed by atoms with Crippen molar-refractivity contribution in [3.05, 3.63) is 36.5 Å². The van der Waals surface area contributed by atoms with E-state index in [1.165, 1.54) is 218 Å². The van der Waals surface area contributed by atoms with Crippen molar-refractivity contribution in [2.24, 2.45) is 0 Å². The first-order valence-electron chi connectivity index (χ1n) is 29.8. The number of ether oxygens (including phenoxy) is 1. The van der Waals surface area contributed by atoms with Gasteiger partial charge in [-0.25, -0.2) is 0 Å². The molecule has 0 heterocycles. The van der Waals surface area contributed by atoms with E-state index in [4.69, 9.17) is 4.74 Å². The lowest BCUT2D eigenvalue weighted by molar-refractivity contribution is -0.143. The van der Waals surface area contributed by atoms with E-state index in [-0.39, 0.29) is 18.5 Å². The number of carbonyl (C=O) groups excluding carboxylic acids is 2. The number of hydrogen-bond acceptors (Lipinski definition) is 5. The summed E-state index contributed by atoms with van der Waals surface area (Å²) < 4.78 is 5.46. The first kappa shape index (κ1) is 65.1. The highest BCUT2D eigenvalue weighted by molar-refractivity contribution is 5.76. The van der Waals surface area contributed by atoms with Gasteiger partial charge in [-0.15, -0.1) is 0 Å². The highest BCUT2D eigenvalue weighted by Crippen LogP contribution is 2.17. The smallest absolute Gasteiger partial charge is 0.305 e. The number of aliphatic hydroxyl groups is 2. The minimum Gasteiger partial charge on any atom is -0.466 e. The van der Waals surface area contributed by atoms with Crippen molar-refractivity contribution in [3.63, 3.8) is 0 Å². The Morgan fingerprint density at radius 2 is 0.716 bits per heavy atom. The van der Waals surface area contributed by atoms with Crippen molar-refractivity contribution < 1.29 is 24.5 Å². The molecule has 394 valence electrons. The fourth-order valence-electron chi connectivity index (χ4n) is 9.04. The number of aliphatic hydroxyl groups excluding tert-OH is 2. The van der Waals surface area contributed by atoms with E-state index < -0.39 is 12.1 Å². The van der Waals surface area contributed by atoms with E-state index in [0.29, 0.717) is 19.4 Å². The standard InChI is InChI=1S/C61H115NO5/c1-3-5-7-9-11-13-15-17-19-21-23-24-25-27-28-30-32-34-37-41-45-49-53-59(64)58(57-63)62-60(65)54-50-46-42-38-36-40-44-48-52-56-67-61(66)55-51-47-43-39-35-33-31-29-26-22-20-18-16-14-12-10-8-6-4-2/h18,20,38,42,49,53,58-59,63-64H,3-17,19,21-37,39-41,43-48,50-52,54-57H2,1-2H3,(H,62,65)/b20-18-,42-38-,53-49+. The van der Waals surface area contributed by atoms with Crippen LogP contribution in [0.25, 0.3) is 0 Å². The second kappa shape index (κ2) is 56.7. The Morgan fingerprint density at radius 1 is 0.403 bits per heavy atom. The summed E-state index contributed by atoms with van der Waals surface area (Å²) in [6.45, 7) is 4.83. The van der Waals surface area contributed by atoms with E-state index >= 15 is 0 Å². The van der Waals surface area contributed by atoms with Gasteiger partial charge in [-0.1, -0.05) is 262 Å². The number of carbonyl (C=O) groups is 2. The van der Waals surface area contributed by atoms with Gasteiger partial charge in [0.1, 0.15) is 0 Å². The van der Waals surface area contributed by atoms with Crippen molar-refractivity contribution in [2.45, 2.75) is 328 Å². The average molecular weight is 943 g/mol. The van der Waals surface area contributed by atoms with Crippen LogP contribution in [-0.2, 0) is 14.3 Å². The molecule has 0 aliphatic carbocycles. The van der Waals surface area contributed by atoms with Crippen LogP contribution in [0.2, 0.25) is 0 Å². The van der Waals surface area contributed by atoms with E-state index in [0.717, 1.165) is 70.6 Å². The van der Waals surface area contributed by atoms with Gasteiger partial charge in [0.05, 0.1) is 25.4 Å². The molecule has 2 unspecified atom stereocenters. The van der Waals surface area contributed by atoms with E-state index in [9.17, 15) is 19.8 Å². The fraction of sp³-hybridized carbons (Fsp3) is 0.869. The third-order valence-electron chi connectivity index (χ3n) is 13.6. The second-order valence-electron chi connectivity index (χ2n) is 20.3. The van der Waals surface area contributed by atoms with Crippen molar-refractivity contribution in [2.75, 3.05) is 13.2 Å². The first-order valence-corrected chi connectivity index (χ1v) is 29.8. The maximum absolute atomic E-state index is 12.5. The molecule has 6 nitrogen and oxygen atoms in total. The second-order valence-corrected chi connectivity index (χ2v) is 20.3. The Kier molecular flexibility index (Phi) is 55.0. The number of nitrogens with one attached hydrogen (secondary N) is 1. The molecule has 1 amide bonds. The van der Waals surface area contributed by atoms with Crippen LogP contribution >= 0.6 is 0 Å². The molecular weight excluding hydrogens is 827 g/mol. The Bertz CT molecular complexity index is 1090. The Labute approximate surface area is 417 Å². The summed E-state index contributed by atoms with van der Waals surface area (Å²) >= 11 is 0. The molecule has 0 aromatic rings. The molecule has 2 atom stereocenters. The van der Waals surface area contributed by atoms with Crippen LogP contribution in [0.1, 0.15) is 316 Å². The molecule has 0 aliphatic heterocycles. The average Bonchev–Trinajstić information content (AvgIpc) is 3.33. The van der Waals surface area contributed by atoms with Crippen LogP contribution in [0.5, 0.6) is 0 Å². The van der Waals surface area contributed by atoms with Crippen LogP contribution in [0.3, 0.4) is 0 Å². The van der Waals surface area contributed by atoms with Crippen LogP contribution in [0.4, 0.5) is 0 Å². The summed E-state index contributed by atoms with van der Waals surface area (Å²) in [5.74, 6) is -0.164. The van der Waals surface area contributed by atoms with Crippen LogP contribution in [0, 0.1) is 0 Å². The summed E-state index contributed by atoms with van der Waals surface area (Å²) in [5, 5.41) is 23.1. The number of hydrogen-bond donors (Lipinski definition) is 3. The summed E-state index contributed by atoms with van der Waals surface area (Å²) in [4.78, 5) is 24.6. The molecule has 0 aromatic carbocycles. The number of esters is 1. The summed E-state index contributed by atoms with van der Waals surface area (Å²) in [5.41, 5.74) is 0. The van der Waals surface area contributed by atoms with Crippen molar-refractivity contribution in [1.82, 2.24) is 5.32 Å². The highest BCUT2D eigenvalue weighted by atomic mass is 16.5. The molecule has 0 aliphatic rings. The number of allylic oxidation sites excluding steroid dienone is 5. The van der Waals surface area contributed by atoms with Crippen molar-refractivity contribution in [1.29, 1.82) is 0 Å². The third-order valence-corrected chi connectivity index (χ3v) is 13.6. The molecule has 0 rings (SSSR count). The number of unbranched alkanes of at least 4 members (excludes halogenated alkanes) is 40.